The van der Waals surface area contributed by atoms with Crippen molar-refractivity contribution < 1.29 is 19.1 Å². The van der Waals surface area contributed by atoms with Gasteiger partial charge in [0, 0.05) is 41.9 Å². The van der Waals surface area contributed by atoms with Crippen molar-refractivity contribution in [1.82, 2.24) is 4.90 Å². The second-order valence-corrected chi connectivity index (χ2v) is 8.11. The number of fused-ring (bicyclic) bond motifs is 1. The van der Waals surface area contributed by atoms with Crippen LogP contribution in [0.2, 0.25) is 0 Å². The molecule has 5 heteroatoms. The van der Waals surface area contributed by atoms with E-state index in [4.69, 9.17) is 9.47 Å². The predicted octanol–water partition coefficient (Wildman–Crippen LogP) is 4.57. The van der Waals surface area contributed by atoms with E-state index in [0.29, 0.717) is 36.4 Å². The van der Waals surface area contributed by atoms with Gasteiger partial charge >= 0.3 is 0 Å². The minimum absolute atomic E-state index is 0.0405. The number of hydrogen-bond acceptors (Lipinski definition) is 5. The summed E-state index contributed by atoms with van der Waals surface area (Å²) in [6.45, 7) is 2.30. The molecule has 2 atom stereocenters. The molecule has 160 valence electrons. The van der Waals surface area contributed by atoms with Crippen LogP contribution in [0.15, 0.2) is 66.5 Å². The molecule has 0 saturated carbocycles. The molecule has 0 amide bonds. The molecule has 0 N–H and O–H groups in total. The van der Waals surface area contributed by atoms with Crippen molar-refractivity contribution in [2.45, 2.75) is 26.3 Å². The van der Waals surface area contributed by atoms with Crippen molar-refractivity contribution in [1.29, 1.82) is 0 Å². The molecule has 0 saturated heterocycles. The molecule has 0 radical (unpaired) electrons. The molecular formula is C26H27NO4. The number of Topliss-reactive ketones (excluding diaryl/α,β-unsaturated/α-hetero) is 2. The van der Waals surface area contributed by atoms with Gasteiger partial charge in [0.2, 0.25) is 0 Å². The highest BCUT2D eigenvalue weighted by Gasteiger charge is 2.35. The number of nitrogens with zero attached hydrogens (tertiary/aromatic N) is 1. The molecule has 1 aliphatic carbocycles. The maximum Gasteiger partial charge on any atom is 0.166 e. The van der Waals surface area contributed by atoms with Crippen molar-refractivity contribution in [3.05, 3.63) is 83.2 Å². The number of ketones is 2. The van der Waals surface area contributed by atoms with Crippen molar-refractivity contribution >= 4 is 11.6 Å². The molecule has 4 rings (SSSR count). The van der Waals surface area contributed by atoms with Crippen LogP contribution in [-0.2, 0) is 17.8 Å². The summed E-state index contributed by atoms with van der Waals surface area (Å²) in [6.07, 6.45) is 7.26. The van der Waals surface area contributed by atoms with Gasteiger partial charge in [-0.25, -0.2) is 0 Å². The summed E-state index contributed by atoms with van der Waals surface area (Å²) in [6, 6.07) is 13.8. The lowest BCUT2D eigenvalue weighted by Gasteiger charge is -2.27. The zero-order valence-electron chi connectivity index (χ0n) is 18.1. The van der Waals surface area contributed by atoms with Crippen LogP contribution in [0.3, 0.4) is 0 Å². The van der Waals surface area contributed by atoms with Gasteiger partial charge in [-0.3, -0.25) is 9.59 Å². The van der Waals surface area contributed by atoms with Gasteiger partial charge in [0.1, 0.15) is 0 Å². The fourth-order valence-electron chi connectivity index (χ4n) is 4.48. The Labute approximate surface area is 183 Å². The molecule has 2 aliphatic rings. The number of allylic oxidation sites excluding steroid dienone is 2. The number of benzene rings is 2. The average molecular weight is 418 g/mol. The molecule has 1 heterocycles. The summed E-state index contributed by atoms with van der Waals surface area (Å²) in [5.74, 6) is 1.11. The Hall–Kier alpha value is -3.34. The van der Waals surface area contributed by atoms with Gasteiger partial charge in [0.25, 0.3) is 0 Å². The van der Waals surface area contributed by atoms with Crippen LogP contribution >= 0.6 is 0 Å². The Bertz CT molecular complexity index is 1050. The van der Waals surface area contributed by atoms with Crippen molar-refractivity contribution in [3.8, 4) is 11.5 Å². The summed E-state index contributed by atoms with van der Waals surface area (Å²) >= 11 is 0. The first-order valence-electron chi connectivity index (χ1n) is 10.5. The van der Waals surface area contributed by atoms with E-state index in [1.165, 1.54) is 5.56 Å². The molecule has 31 heavy (non-hydrogen) atoms. The van der Waals surface area contributed by atoms with Crippen molar-refractivity contribution in [2.24, 2.45) is 11.8 Å². The van der Waals surface area contributed by atoms with Gasteiger partial charge in [-0.1, -0.05) is 36.4 Å². The Morgan fingerprint density at radius 1 is 1.10 bits per heavy atom. The standard InChI is InChI=1S/C26H27NO4/c1-17(28)23-16-27(15-18-7-5-4-6-8-18)10-9-19(23)11-21-12-20-13-24(30-2)25(31-3)14-22(20)26(21)29/h4-10,13-14,16,19,21H,11-12,15H2,1-3H3. The molecule has 0 bridgehead atoms. The second-order valence-electron chi connectivity index (χ2n) is 8.11. The Balaban J connectivity index is 1.51. The van der Waals surface area contributed by atoms with Crippen LogP contribution in [0.25, 0.3) is 0 Å². The van der Waals surface area contributed by atoms with E-state index in [2.05, 4.69) is 18.2 Å². The van der Waals surface area contributed by atoms with Crippen LogP contribution in [0.5, 0.6) is 11.5 Å². The van der Waals surface area contributed by atoms with E-state index in [1.807, 2.05) is 41.6 Å². The SMILES string of the molecule is COc1cc2c(cc1OC)C(=O)C(CC1C=CN(Cc3ccccc3)C=C1C(C)=O)C2. The monoisotopic (exact) mass is 417 g/mol. The van der Waals surface area contributed by atoms with E-state index >= 15 is 0 Å². The van der Waals surface area contributed by atoms with Gasteiger partial charge in [0.15, 0.2) is 23.1 Å². The maximum absolute atomic E-state index is 13.1. The predicted molar refractivity (Wildman–Crippen MR) is 119 cm³/mol. The highest BCUT2D eigenvalue weighted by Crippen LogP contribution is 2.40. The zero-order chi connectivity index (χ0) is 22.0. The lowest BCUT2D eigenvalue weighted by molar-refractivity contribution is -0.114. The van der Waals surface area contributed by atoms with E-state index in [0.717, 1.165) is 11.1 Å². The van der Waals surface area contributed by atoms with Crippen LogP contribution in [-0.4, -0.2) is 30.7 Å². The fraction of sp³-hybridized carbons (Fsp3) is 0.308. The summed E-state index contributed by atoms with van der Waals surface area (Å²) in [4.78, 5) is 27.5. The molecule has 2 unspecified atom stereocenters. The van der Waals surface area contributed by atoms with Crippen LogP contribution < -0.4 is 9.47 Å². The smallest absolute Gasteiger partial charge is 0.166 e. The van der Waals surface area contributed by atoms with E-state index in [-0.39, 0.29) is 23.4 Å². The highest BCUT2D eigenvalue weighted by molar-refractivity contribution is 6.03. The number of carbonyl (C=O) groups excluding carboxylic acids is 2. The molecule has 0 spiro atoms. The number of hydrogen-bond donors (Lipinski definition) is 0. The van der Waals surface area contributed by atoms with Gasteiger partial charge in [0.05, 0.1) is 14.2 Å². The van der Waals surface area contributed by atoms with Gasteiger partial charge in [-0.05, 0) is 43.0 Å². The van der Waals surface area contributed by atoms with Crippen molar-refractivity contribution in [2.75, 3.05) is 14.2 Å². The summed E-state index contributed by atoms with van der Waals surface area (Å²) in [7, 11) is 3.16. The van der Waals surface area contributed by atoms with Crippen LogP contribution in [0.4, 0.5) is 0 Å². The topological polar surface area (TPSA) is 55.8 Å². The third-order valence-electron chi connectivity index (χ3n) is 6.08. The summed E-state index contributed by atoms with van der Waals surface area (Å²) in [5, 5.41) is 0. The third-order valence-corrected chi connectivity index (χ3v) is 6.08. The molecule has 0 aromatic heterocycles. The minimum Gasteiger partial charge on any atom is -0.493 e. The molecule has 1 aliphatic heterocycles. The van der Waals surface area contributed by atoms with E-state index < -0.39 is 0 Å². The van der Waals surface area contributed by atoms with Crippen LogP contribution in [0, 0.1) is 11.8 Å². The van der Waals surface area contributed by atoms with E-state index in [1.54, 1.807) is 27.2 Å². The number of ether oxygens (including phenoxy) is 2. The summed E-state index contributed by atoms with van der Waals surface area (Å²) in [5.41, 5.74) is 3.60. The zero-order valence-corrected chi connectivity index (χ0v) is 18.1. The number of carbonyl (C=O) groups is 2. The maximum atomic E-state index is 13.1. The van der Waals surface area contributed by atoms with Crippen LogP contribution in [0.1, 0.15) is 34.8 Å². The lowest BCUT2D eigenvalue weighted by atomic mass is 9.84. The number of methoxy groups -OCH3 is 2. The fourth-order valence-corrected chi connectivity index (χ4v) is 4.48. The third kappa shape index (κ3) is 4.26. The van der Waals surface area contributed by atoms with Gasteiger partial charge in [-0.2, -0.15) is 0 Å². The van der Waals surface area contributed by atoms with Crippen molar-refractivity contribution in [3.63, 3.8) is 0 Å². The summed E-state index contributed by atoms with van der Waals surface area (Å²) < 4.78 is 10.7. The first-order chi connectivity index (χ1) is 15.0. The normalized spacial score (nSPS) is 19.8. The van der Waals surface area contributed by atoms with E-state index in [9.17, 15) is 9.59 Å². The number of rotatable bonds is 7. The lowest BCUT2D eigenvalue weighted by Crippen LogP contribution is -2.24. The Kier molecular flexibility index (Phi) is 5.94. The Morgan fingerprint density at radius 3 is 2.48 bits per heavy atom. The molecular weight excluding hydrogens is 390 g/mol. The quantitative estimate of drug-likeness (QED) is 0.661. The minimum atomic E-state index is -0.162. The van der Waals surface area contributed by atoms with Gasteiger partial charge in [-0.15, -0.1) is 0 Å². The first-order valence-corrected chi connectivity index (χ1v) is 10.5. The molecule has 5 nitrogen and oxygen atoms in total. The first kappa shape index (κ1) is 20.9. The molecule has 2 aromatic carbocycles. The Morgan fingerprint density at radius 2 is 1.81 bits per heavy atom. The second kappa shape index (κ2) is 8.80. The largest absolute Gasteiger partial charge is 0.493 e. The average Bonchev–Trinajstić information content (AvgIpc) is 3.08. The molecule has 0 fully saturated rings. The highest BCUT2D eigenvalue weighted by atomic mass is 16.5. The molecule has 2 aromatic rings. The van der Waals surface area contributed by atoms with Gasteiger partial charge < -0.3 is 14.4 Å².